The van der Waals surface area contributed by atoms with E-state index >= 15 is 0 Å². The lowest BCUT2D eigenvalue weighted by molar-refractivity contribution is 0.827. The van der Waals surface area contributed by atoms with Gasteiger partial charge in [0.15, 0.2) is 4.77 Å². The predicted octanol–water partition coefficient (Wildman–Crippen LogP) is 6.19. The number of imidazole rings is 1. The summed E-state index contributed by atoms with van der Waals surface area (Å²) in [4.78, 5) is 3.28. The minimum atomic E-state index is 0.615. The molecule has 28 heavy (non-hydrogen) atoms. The molecule has 0 saturated carbocycles. The summed E-state index contributed by atoms with van der Waals surface area (Å²) in [5.41, 5.74) is 4.75. The summed E-state index contributed by atoms with van der Waals surface area (Å²) in [6.07, 6.45) is 0. The Kier molecular flexibility index (Phi) is 4.11. The zero-order valence-corrected chi connectivity index (χ0v) is 16.3. The molecular weight excluding hydrogens is 388 g/mol. The van der Waals surface area contributed by atoms with Crippen molar-refractivity contribution in [2.45, 2.75) is 0 Å². The highest BCUT2D eigenvalue weighted by Crippen LogP contribution is 2.28. The second kappa shape index (κ2) is 6.78. The van der Waals surface area contributed by atoms with Crippen LogP contribution in [0.15, 0.2) is 84.9 Å². The van der Waals surface area contributed by atoms with Gasteiger partial charge in [0.25, 0.3) is 0 Å². The maximum Gasteiger partial charge on any atom is 0.183 e. The van der Waals surface area contributed by atoms with E-state index in [4.69, 9.17) is 28.9 Å². The molecular formula is C22H15ClN4S. The third-order valence-corrected chi connectivity index (χ3v) is 5.15. The van der Waals surface area contributed by atoms with Crippen LogP contribution in [-0.4, -0.2) is 19.3 Å². The molecule has 0 aliphatic carbocycles. The lowest BCUT2D eigenvalue weighted by Crippen LogP contribution is -2.05. The summed E-state index contributed by atoms with van der Waals surface area (Å²) in [6, 6.07) is 27.8. The van der Waals surface area contributed by atoms with E-state index in [-0.39, 0.29) is 0 Å². The first-order valence-corrected chi connectivity index (χ1v) is 9.61. The summed E-state index contributed by atoms with van der Waals surface area (Å²) in [6.45, 7) is 0. The largest absolute Gasteiger partial charge is 0.330 e. The van der Waals surface area contributed by atoms with Gasteiger partial charge < -0.3 is 4.98 Å². The standard InChI is InChI=1S/C22H15ClN4S/c23-16-9-6-10-17(13-16)27-21(14-19(25-27)15-7-2-1-3-8-15)26-20-12-5-4-11-18(20)24-22(26)28/h1-14H,(H,24,28). The third kappa shape index (κ3) is 2.85. The van der Waals surface area contributed by atoms with Crippen molar-refractivity contribution in [1.82, 2.24) is 19.3 Å². The Morgan fingerprint density at radius 3 is 2.46 bits per heavy atom. The van der Waals surface area contributed by atoms with E-state index in [1.165, 1.54) is 0 Å². The molecule has 1 N–H and O–H groups in total. The summed E-state index contributed by atoms with van der Waals surface area (Å²) in [7, 11) is 0. The Morgan fingerprint density at radius 2 is 1.64 bits per heavy atom. The first kappa shape index (κ1) is 17.0. The maximum absolute atomic E-state index is 6.25. The van der Waals surface area contributed by atoms with Gasteiger partial charge in [-0.05, 0) is 42.5 Å². The summed E-state index contributed by atoms with van der Waals surface area (Å²) < 4.78 is 4.50. The second-order valence-corrected chi connectivity index (χ2v) is 7.25. The average Bonchev–Trinajstić information content (AvgIpc) is 3.29. The fraction of sp³-hybridized carbons (Fsp3) is 0. The third-order valence-electron chi connectivity index (χ3n) is 4.63. The fourth-order valence-corrected chi connectivity index (χ4v) is 3.85. The molecule has 6 heteroatoms. The number of aromatic nitrogens is 4. The van der Waals surface area contributed by atoms with Crippen molar-refractivity contribution < 1.29 is 0 Å². The summed E-state index contributed by atoms with van der Waals surface area (Å²) >= 11 is 11.9. The second-order valence-electron chi connectivity index (χ2n) is 6.43. The number of fused-ring (bicyclic) bond motifs is 1. The number of hydrogen-bond donors (Lipinski definition) is 1. The van der Waals surface area contributed by atoms with Crippen molar-refractivity contribution in [1.29, 1.82) is 0 Å². The number of aromatic amines is 1. The van der Waals surface area contributed by atoms with Crippen LogP contribution in [0.3, 0.4) is 0 Å². The topological polar surface area (TPSA) is 38.5 Å². The Bertz CT molecular complexity index is 1350. The van der Waals surface area contributed by atoms with Gasteiger partial charge >= 0.3 is 0 Å². The number of halogens is 1. The molecule has 3 aromatic carbocycles. The van der Waals surface area contributed by atoms with Crippen LogP contribution in [0.4, 0.5) is 0 Å². The normalized spacial score (nSPS) is 11.2. The lowest BCUT2D eigenvalue weighted by atomic mass is 10.1. The molecule has 0 atom stereocenters. The Morgan fingerprint density at radius 1 is 0.857 bits per heavy atom. The minimum absolute atomic E-state index is 0.615. The van der Waals surface area contributed by atoms with Crippen molar-refractivity contribution in [3.05, 3.63) is 94.7 Å². The summed E-state index contributed by atoms with van der Waals surface area (Å²) in [5.74, 6) is 0.851. The molecule has 0 amide bonds. The molecule has 0 radical (unpaired) electrons. The van der Waals surface area contributed by atoms with Crippen molar-refractivity contribution in [3.8, 4) is 22.8 Å². The van der Waals surface area contributed by atoms with E-state index in [9.17, 15) is 0 Å². The molecule has 0 spiro atoms. The van der Waals surface area contributed by atoms with Gasteiger partial charge in [0.2, 0.25) is 0 Å². The monoisotopic (exact) mass is 402 g/mol. The van der Waals surface area contributed by atoms with Crippen molar-refractivity contribution >= 4 is 34.9 Å². The molecule has 0 unspecified atom stereocenters. The van der Waals surface area contributed by atoms with Crippen LogP contribution in [0.1, 0.15) is 0 Å². The van der Waals surface area contributed by atoms with Crippen molar-refractivity contribution in [3.63, 3.8) is 0 Å². The molecule has 2 heterocycles. The molecule has 0 aliphatic rings. The first-order chi connectivity index (χ1) is 13.7. The van der Waals surface area contributed by atoms with Crippen LogP contribution in [0.25, 0.3) is 33.8 Å². The minimum Gasteiger partial charge on any atom is -0.330 e. The number of nitrogens with zero attached hydrogens (tertiary/aromatic N) is 3. The molecule has 0 bridgehead atoms. The van der Waals surface area contributed by atoms with Crippen molar-refractivity contribution in [2.75, 3.05) is 0 Å². The Balaban J connectivity index is 1.82. The van der Waals surface area contributed by atoms with Crippen LogP contribution in [-0.2, 0) is 0 Å². The smallest absolute Gasteiger partial charge is 0.183 e. The van der Waals surface area contributed by atoms with E-state index in [2.05, 4.69) is 4.98 Å². The number of para-hydroxylation sites is 2. The molecule has 4 nitrogen and oxygen atoms in total. The Labute approximate surface area is 171 Å². The van der Waals surface area contributed by atoms with Gasteiger partial charge in [-0.2, -0.15) is 5.10 Å². The number of H-pyrrole nitrogens is 1. The predicted molar refractivity (Wildman–Crippen MR) is 116 cm³/mol. The molecule has 5 rings (SSSR count). The molecule has 0 saturated heterocycles. The van der Waals surface area contributed by atoms with Crippen LogP contribution < -0.4 is 0 Å². The highest BCUT2D eigenvalue weighted by molar-refractivity contribution is 7.71. The zero-order chi connectivity index (χ0) is 19.1. The number of rotatable bonds is 3. The zero-order valence-electron chi connectivity index (χ0n) is 14.7. The molecule has 2 aromatic heterocycles. The lowest BCUT2D eigenvalue weighted by Gasteiger charge is -2.09. The number of nitrogens with one attached hydrogen (secondary N) is 1. The molecule has 136 valence electrons. The number of hydrogen-bond acceptors (Lipinski definition) is 2. The quantitative estimate of drug-likeness (QED) is 0.365. The van der Waals surface area contributed by atoms with Crippen LogP contribution >= 0.6 is 23.8 Å². The molecule has 0 fully saturated rings. The van der Waals surface area contributed by atoms with E-state index in [1.807, 2.05) is 94.2 Å². The maximum atomic E-state index is 6.25. The summed E-state index contributed by atoms with van der Waals surface area (Å²) in [5, 5.41) is 5.53. The van der Waals surface area contributed by atoms with Gasteiger partial charge in [-0.1, -0.05) is 60.1 Å². The first-order valence-electron chi connectivity index (χ1n) is 8.82. The van der Waals surface area contributed by atoms with E-state index in [1.54, 1.807) is 0 Å². The van der Waals surface area contributed by atoms with Gasteiger partial charge in [0, 0.05) is 16.7 Å². The van der Waals surface area contributed by atoms with Gasteiger partial charge in [-0.3, -0.25) is 4.57 Å². The van der Waals surface area contributed by atoms with E-state index in [0.29, 0.717) is 9.79 Å². The molecule has 5 aromatic rings. The van der Waals surface area contributed by atoms with Gasteiger partial charge in [-0.15, -0.1) is 0 Å². The van der Waals surface area contributed by atoms with E-state index < -0.39 is 0 Å². The van der Waals surface area contributed by atoms with Gasteiger partial charge in [0.1, 0.15) is 5.82 Å². The number of benzene rings is 3. The average molecular weight is 403 g/mol. The van der Waals surface area contributed by atoms with Crippen LogP contribution in [0, 0.1) is 4.77 Å². The highest BCUT2D eigenvalue weighted by Gasteiger charge is 2.16. The highest BCUT2D eigenvalue weighted by atomic mass is 35.5. The van der Waals surface area contributed by atoms with Crippen LogP contribution in [0.2, 0.25) is 5.02 Å². The van der Waals surface area contributed by atoms with Gasteiger partial charge in [0.05, 0.1) is 22.4 Å². The fourth-order valence-electron chi connectivity index (χ4n) is 3.36. The van der Waals surface area contributed by atoms with Gasteiger partial charge in [-0.25, -0.2) is 4.68 Å². The molecule has 0 aliphatic heterocycles. The van der Waals surface area contributed by atoms with E-state index in [0.717, 1.165) is 33.8 Å². The van der Waals surface area contributed by atoms with Crippen molar-refractivity contribution in [2.24, 2.45) is 0 Å². The Hall–Kier alpha value is -3.15. The SMILES string of the molecule is S=c1[nH]c2ccccc2n1-c1cc(-c2ccccc2)nn1-c1cccc(Cl)c1. The van der Waals surface area contributed by atoms with Crippen LogP contribution in [0.5, 0.6) is 0 Å².